The Bertz CT molecular complexity index is 616. The van der Waals surface area contributed by atoms with Gasteiger partial charge in [-0.25, -0.2) is 12.7 Å². The van der Waals surface area contributed by atoms with Crippen molar-refractivity contribution in [2.24, 2.45) is 0 Å². The molecule has 0 atom stereocenters. The van der Waals surface area contributed by atoms with Crippen LogP contribution in [-0.2, 0) is 16.6 Å². The number of fused-ring (bicyclic) bond motifs is 1. The monoisotopic (exact) mass is 252 g/mol. The van der Waals surface area contributed by atoms with Crippen molar-refractivity contribution in [1.82, 2.24) is 9.29 Å². The second-order valence-corrected chi connectivity index (χ2v) is 6.38. The summed E-state index contributed by atoms with van der Waals surface area (Å²) in [4.78, 5) is 3.14. The highest BCUT2D eigenvalue weighted by molar-refractivity contribution is 7.89. The third-order valence-corrected chi connectivity index (χ3v) is 4.72. The molecule has 0 amide bonds. The van der Waals surface area contributed by atoms with Gasteiger partial charge in [-0.15, -0.1) is 0 Å². The molecular formula is C12H16N2O2S. The number of para-hydroxylation sites is 1. The Hall–Kier alpha value is -1.33. The predicted octanol–water partition coefficient (Wildman–Crippen LogP) is 1.95. The molecule has 0 fully saturated rings. The van der Waals surface area contributed by atoms with Crippen molar-refractivity contribution in [2.75, 3.05) is 12.8 Å². The van der Waals surface area contributed by atoms with Gasteiger partial charge >= 0.3 is 0 Å². The predicted molar refractivity (Wildman–Crippen MR) is 69.2 cm³/mol. The third kappa shape index (κ3) is 2.35. The van der Waals surface area contributed by atoms with Crippen molar-refractivity contribution in [1.29, 1.82) is 0 Å². The minimum atomic E-state index is -3.12. The summed E-state index contributed by atoms with van der Waals surface area (Å²) in [7, 11) is -1.51. The standard InChI is InChI=1S/C12H16N2O2S/c1-3-17(15,16)14(2)9-10-8-13-12-7-5-4-6-11(10)12/h4-8,13H,3,9H2,1-2H3. The van der Waals surface area contributed by atoms with E-state index in [1.165, 1.54) is 4.31 Å². The fraction of sp³-hybridized carbons (Fsp3) is 0.333. The Labute approximate surface area is 101 Å². The molecule has 17 heavy (non-hydrogen) atoms. The van der Waals surface area contributed by atoms with E-state index in [1.54, 1.807) is 14.0 Å². The molecule has 2 aromatic rings. The highest BCUT2D eigenvalue weighted by Crippen LogP contribution is 2.19. The zero-order valence-corrected chi connectivity index (χ0v) is 10.8. The van der Waals surface area contributed by atoms with Gasteiger partial charge in [0.25, 0.3) is 0 Å². The molecule has 0 bridgehead atoms. The largest absolute Gasteiger partial charge is 0.361 e. The zero-order valence-electron chi connectivity index (χ0n) is 9.97. The van der Waals surface area contributed by atoms with Gasteiger partial charge in [0.2, 0.25) is 10.0 Å². The molecule has 1 heterocycles. The van der Waals surface area contributed by atoms with Crippen LogP contribution < -0.4 is 0 Å². The van der Waals surface area contributed by atoms with Crippen LogP contribution in [0.2, 0.25) is 0 Å². The summed E-state index contributed by atoms with van der Waals surface area (Å²) in [5.41, 5.74) is 2.03. The van der Waals surface area contributed by atoms with Crippen LogP contribution in [0.4, 0.5) is 0 Å². The van der Waals surface area contributed by atoms with Gasteiger partial charge in [-0.1, -0.05) is 18.2 Å². The third-order valence-electron chi connectivity index (χ3n) is 2.91. The topological polar surface area (TPSA) is 53.2 Å². The number of rotatable bonds is 4. The van der Waals surface area contributed by atoms with Gasteiger partial charge < -0.3 is 4.98 Å². The lowest BCUT2D eigenvalue weighted by Crippen LogP contribution is -2.27. The number of nitrogens with zero attached hydrogens (tertiary/aromatic N) is 1. The Morgan fingerprint density at radius 1 is 1.29 bits per heavy atom. The molecule has 0 aliphatic rings. The van der Waals surface area contributed by atoms with Crippen LogP contribution in [0.25, 0.3) is 10.9 Å². The summed E-state index contributed by atoms with van der Waals surface area (Å²) in [5, 5.41) is 1.07. The van der Waals surface area contributed by atoms with Crippen molar-refractivity contribution in [2.45, 2.75) is 13.5 Å². The van der Waals surface area contributed by atoms with Crippen LogP contribution in [0.15, 0.2) is 30.5 Å². The van der Waals surface area contributed by atoms with E-state index in [0.29, 0.717) is 6.54 Å². The van der Waals surface area contributed by atoms with Crippen LogP contribution in [0.1, 0.15) is 12.5 Å². The minimum absolute atomic E-state index is 0.131. The molecule has 0 unspecified atom stereocenters. The molecular weight excluding hydrogens is 236 g/mol. The average Bonchev–Trinajstić information content (AvgIpc) is 2.73. The van der Waals surface area contributed by atoms with E-state index >= 15 is 0 Å². The first-order chi connectivity index (χ1) is 8.04. The summed E-state index contributed by atoms with van der Waals surface area (Å²) in [6.45, 7) is 2.06. The molecule has 1 aromatic heterocycles. The average molecular weight is 252 g/mol. The van der Waals surface area contributed by atoms with Gasteiger partial charge in [0.05, 0.1) is 5.75 Å². The number of H-pyrrole nitrogens is 1. The lowest BCUT2D eigenvalue weighted by atomic mass is 10.2. The lowest BCUT2D eigenvalue weighted by molar-refractivity contribution is 0.469. The molecule has 0 aliphatic carbocycles. The summed E-state index contributed by atoms with van der Waals surface area (Å²) in [6.07, 6.45) is 1.87. The maximum Gasteiger partial charge on any atom is 0.213 e. The maximum atomic E-state index is 11.7. The van der Waals surface area contributed by atoms with Gasteiger partial charge in [0.15, 0.2) is 0 Å². The Balaban J connectivity index is 2.31. The first-order valence-electron chi connectivity index (χ1n) is 5.53. The number of sulfonamides is 1. The number of aromatic nitrogens is 1. The number of nitrogens with one attached hydrogen (secondary N) is 1. The van der Waals surface area contributed by atoms with E-state index in [0.717, 1.165) is 16.5 Å². The van der Waals surface area contributed by atoms with Crippen LogP contribution in [-0.4, -0.2) is 30.5 Å². The van der Waals surface area contributed by atoms with Gasteiger partial charge in [-0.05, 0) is 18.6 Å². The van der Waals surface area contributed by atoms with Crippen LogP contribution in [0.5, 0.6) is 0 Å². The molecule has 1 N–H and O–H groups in total. The van der Waals surface area contributed by atoms with E-state index < -0.39 is 10.0 Å². The SMILES string of the molecule is CCS(=O)(=O)N(C)Cc1c[nH]c2ccccc12. The fourth-order valence-electron chi connectivity index (χ4n) is 1.82. The Kier molecular flexibility index (Phi) is 3.22. The quantitative estimate of drug-likeness (QED) is 0.904. The number of hydrogen-bond acceptors (Lipinski definition) is 2. The summed E-state index contributed by atoms with van der Waals surface area (Å²) >= 11 is 0. The van der Waals surface area contributed by atoms with Crippen molar-refractivity contribution >= 4 is 20.9 Å². The van der Waals surface area contributed by atoms with Gasteiger partial charge in [-0.2, -0.15) is 0 Å². The lowest BCUT2D eigenvalue weighted by Gasteiger charge is -2.15. The maximum absolute atomic E-state index is 11.7. The van der Waals surface area contributed by atoms with Gasteiger partial charge in [0.1, 0.15) is 0 Å². The molecule has 1 aromatic carbocycles. The smallest absolute Gasteiger partial charge is 0.213 e. The van der Waals surface area contributed by atoms with Gasteiger partial charge in [0, 0.05) is 30.7 Å². The number of hydrogen-bond donors (Lipinski definition) is 1. The van der Waals surface area contributed by atoms with Crippen molar-refractivity contribution in [3.8, 4) is 0 Å². The van der Waals surface area contributed by atoms with Crippen molar-refractivity contribution in [3.05, 3.63) is 36.0 Å². The molecule has 0 radical (unpaired) electrons. The highest BCUT2D eigenvalue weighted by Gasteiger charge is 2.16. The zero-order chi connectivity index (χ0) is 12.5. The van der Waals surface area contributed by atoms with Crippen molar-refractivity contribution < 1.29 is 8.42 Å². The number of aromatic amines is 1. The Morgan fingerprint density at radius 3 is 2.71 bits per heavy atom. The molecule has 0 aliphatic heterocycles. The van der Waals surface area contributed by atoms with Crippen LogP contribution in [0.3, 0.4) is 0 Å². The second-order valence-electron chi connectivity index (χ2n) is 4.02. The molecule has 2 rings (SSSR count). The molecule has 0 saturated heterocycles. The van der Waals surface area contributed by atoms with E-state index in [9.17, 15) is 8.42 Å². The van der Waals surface area contributed by atoms with Crippen LogP contribution >= 0.6 is 0 Å². The van der Waals surface area contributed by atoms with E-state index in [4.69, 9.17) is 0 Å². The van der Waals surface area contributed by atoms with Crippen molar-refractivity contribution in [3.63, 3.8) is 0 Å². The first-order valence-corrected chi connectivity index (χ1v) is 7.14. The van der Waals surface area contributed by atoms with E-state index in [-0.39, 0.29) is 5.75 Å². The molecule has 0 spiro atoms. The first kappa shape index (κ1) is 12.1. The molecule has 5 heteroatoms. The molecule has 4 nitrogen and oxygen atoms in total. The molecule has 92 valence electrons. The normalized spacial score (nSPS) is 12.4. The summed E-state index contributed by atoms with van der Waals surface area (Å²) in [5.74, 6) is 0.131. The van der Waals surface area contributed by atoms with Gasteiger partial charge in [-0.3, -0.25) is 0 Å². The highest BCUT2D eigenvalue weighted by atomic mass is 32.2. The minimum Gasteiger partial charge on any atom is -0.361 e. The van der Waals surface area contributed by atoms with E-state index in [2.05, 4.69) is 4.98 Å². The number of benzene rings is 1. The molecule has 0 saturated carbocycles. The summed E-state index contributed by atoms with van der Waals surface area (Å²) in [6, 6.07) is 7.88. The Morgan fingerprint density at radius 2 is 2.00 bits per heavy atom. The summed E-state index contributed by atoms with van der Waals surface area (Å²) < 4.78 is 24.7. The van der Waals surface area contributed by atoms with Crippen LogP contribution in [0, 0.1) is 0 Å². The fourth-order valence-corrected chi connectivity index (χ4v) is 2.60. The van der Waals surface area contributed by atoms with E-state index in [1.807, 2.05) is 30.5 Å². The second kappa shape index (κ2) is 4.50.